The number of halogens is 1. The van der Waals surface area contributed by atoms with Gasteiger partial charge < -0.3 is 4.74 Å². The first kappa shape index (κ1) is 7.88. The van der Waals surface area contributed by atoms with Gasteiger partial charge in [0.2, 0.25) is 0 Å². The van der Waals surface area contributed by atoms with E-state index in [4.69, 9.17) is 16.3 Å². The number of hydrogen-bond acceptors (Lipinski definition) is 1. The van der Waals surface area contributed by atoms with Crippen molar-refractivity contribution >= 4 is 11.6 Å². The second-order valence-corrected chi connectivity index (χ2v) is 4.36. The van der Waals surface area contributed by atoms with Crippen LogP contribution in [0.3, 0.4) is 0 Å². The van der Waals surface area contributed by atoms with Gasteiger partial charge in [-0.25, -0.2) is 0 Å². The molecule has 0 bridgehead atoms. The molecule has 2 fully saturated rings. The molecule has 64 valence electrons. The predicted octanol–water partition coefficient (Wildman–Crippen LogP) is 2.43. The van der Waals surface area contributed by atoms with E-state index < -0.39 is 0 Å². The lowest BCUT2D eigenvalue weighted by Crippen LogP contribution is -2.32. The molecular formula is C9H15ClO. The maximum atomic E-state index is 5.94. The second kappa shape index (κ2) is 2.63. The van der Waals surface area contributed by atoms with Crippen LogP contribution < -0.4 is 0 Å². The lowest BCUT2D eigenvalue weighted by molar-refractivity contribution is 0.00397. The topological polar surface area (TPSA) is 9.23 Å². The van der Waals surface area contributed by atoms with Gasteiger partial charge in [-0.2, -0.15) is 0 Å². The lowest BCUT2D eigenvalue weighted by atomic mass is 9.92. The number of ether oxygens (including phenoxy) is 1. The molecule has 1 saturated carbocycles. The third-order valence-corrected chi connectivity index (χ3v) is 3.35. The fraction of sp³-hybridized carbons (Fsp3) is 1.00. The van der Waals surface area contributed by atoms with Gasteiger partial charge in [0.1, 0.15) is 0 Å². The Morgan fingerprint density at radius 3 is 2.64 bits per heavy atom. The normalized spacial score (nSPS) is 44.7. The van der Waals surface area contributed by atoms with Crippen LogP contribution in [0.1, 0.15) is 26.2 Å². The van der Waals surface area contributed by atoms with Gasteiger partial charge >= 0.3 is 0 Å². The summed E-state index contributed by atoms with van der Waals surface area (Å²) in [7, 11) is 0. The van der Waals surface area contributed by atoms with E-state index in [9.17, 15) is 0 Å². The molecule has 2 heteroatoms. The number of alkyl halides is 1. The highest BCUT2D eigenvalue weighted by Crippen LogP contribution is 2.48. The maximum absolute atomic E-state index is 5.94. The Hall–Kier alpha value is 0.250. The van der Waals surface area contributed by atoms with E-state index in [0.29, 0.717) is 11.8 Å². The Morgan fingerprint density at radius 2 is 2.27 bits per heavy atom. The third-order valence-electron chi connectivity index (χ3n) is 2.90. The molecule has 0 N–H and O–H groups in total. The summed E-state index contributed by atoms with van der Waals surface area (Å²) < 4.78 is 5.79. The maximum Gasteiger partial charge on any atom is 0.0848 e. The molecule has 1 heterocycles. The summed E-state index contributed by atoms with van der Waals surface area (Å²) in [4.78, 5) is 0. The standard InChI is InChI=1S/C9H15ClO/c1-7-4-9(6-10,11-5-7)8-2-3-8/h7-8H,2-6H2,1H3. The van der Waals surface area contributed by atoms with Gasteiger partial charge in [0, 0.05) is 0 Å². The van der Waals surface area contributed by atoms with E-state index in [1.807, 2.05) is 0 Å². The molecule has 0 aromatic carbocycles. The summed E-state index contributed by atoms with van der Waals surface area (Å²) in [5, 5.41) is 0. The van der Waals surface area contributed by atoms with E-state index in [0.717, 1.165) is 12.5 Å². The van der Waals surface area contributed by atoms with Gasteiger partial charge in [0.25, 0.3) is 0 Å². The Labute approximate surface area is 73.1 Å². The van der Waals surface area contributed by atoms with Gasteiger partial charge in [0.15, 0.2) is 0 Å². The van der Waals surface area contributed by atoms with Crippen molar-refractivity contribution in [2.24, 2.45) is 11.8 Å². The van der Waals surface area contributed by atoms with Crippen molar-refractivity contribution < 1.29 is 4.74 Å². The van der Waals surface area contributed by atoms with Crippen molar-refractivity contribution in [1.29, 1.82) is 0 Å². The van der Waals surface area contributed by atoms with Crippen LogP contribution in [-0.4, -0.2) is 18.1 Å². The molecule has 2 rings (SSSR count). The lowest BCUT2D eigenvalue weighted by Gasteiger charge is -2.25. The van der Waals surface area contributed by atoms with Gasteiger partial charge in [-0.1, -0.05) is 6.92 Å². The molecule has 1 aliphatic carbocycles. The van der Waals surface area contributed by atoms with E-state index in [1.54, 1.807) is 0 Å². The molecule has 2 unspecified atom stereocenters. The molecule has 1 nitrogen and oxygen atoms in total. The van der Waals surface area contributed by atoms with Crippen molar-refractivity contribution in [3.05, 3.63) is 0 Å². The molecule has 0 aromatic heterocycles. The zero-order valence-corrected chi connectivity index (χ0v) is 7.73. The van der Waals surface area contributed by atoms with Crippen molar-refractivity contribution in [2.75, 3.05) is 12.5 Å². The van der Waals surface area contributed by atoms with Crippen LogP contribution in [0.2, 0.25) is 0 Å². The van der Waals surface area contributed by atoms with E-state index >= 15 is 0 Å². The van der Waals surface area contributed by atoms with Crippen LogP contribution in [0.4, 0.5) is 0 Å². The summed E-state index contributed by atoms with van der Waals surface area (Å²) in [6, 6.07) is 0. The zero-order valence-electron chi connectivity index (χ0n) is 6.98. The summed E-state index contributed by atoms with van der Waals surface area (Å²) in [5.74, 6) is 2.20. The van der Waals surface area contributed by atoms with Gasteiger partial charge in [0.05, 0.1) is 18.1 Å². The molecule has 2 atom stereocenters. The fourth-order valence-corrected chi connectivity index (χ4v) is 2.52. The Morgan fingerprint density at radius 1 is 1.55 bits per heavy atom. The largest absolute Gasteiger partial charge is 0.373 e. The van der Waals surface area contributed by atoms with Crippen molar-refractivity contribution in [1.82, 2.24) is 0 Å². The van der Waals surface area contributed by atoms with Crippen LogP contribution in [0.15, 0.2) is 0 Å². The predicted molar refractivity (Wildman–Crippen MR) is 45.9 cm³/mol. The molecule has 0 amide bonds. The summed E-state index contributed by atoms with van der Waals surface area (Å²) in [5.41, 5.74) is 0.0843. The van der Waals surface area contributed by atoms with Crippen LogP contribution in [0.25, 0.3) is 0 Å². The van der Waals surface area contributed by atoms with Gasteiger partial charge in [-0.3, -0.25) is 0 Å². The van der Waals surface area contributed by atoms with Gasteiger partial charge in [-0.05, 0) is 31.1 Å². The second-order valence-electron chi connectivity index (χ2n) is 4.09. The van der Waals surface area contributed by atoms with Crippen LogP contribution in [0.5, 0.6) is 0 Å². The minimum Gasteiger partial charge on any atom is -0.373 e. The van der Waals surface area contributed by atoms with Crippen LogP contribution in [-0.2, 0) is 4.74 Å². The van der Waals surface area contributed by atoms with Gasteiger partial charge in [-0.15, -0.1) is 11.6 Å². The van der Waals surface area contributed by atoms with Crippen LogP contribution in [0, 0.1) is 11.8 Å². The SMILES string of the molecule is CC1COC(CCl)(C2CC2)C1. The number of hydrogen-bond donors (Lipinski definition) is 0. The highest BCUT2D eigenvalue weighted by atomic mass is 35.5. The van der Waals surface area contributed by atoms with E-state index in [2.05, 4.69) is 6.92 Å². The Kier molecular flexibility index (Phi) is 1.89. The molecule has 11 heavy (non-hydrogen) atoms. The molecule has 0 spiro atoms. The molecule has 0 aromatic rings. The van der Waals surface area contributed by atoms with Crippen molar-refractivity contribution in [3.63, 3.8) is 0 Å². The quantitative estimate of drug-likeness (QED) is 0.585. The average Bonchev–Trinajstić information content (AvgIpc) is 2.77. The summed E-state index contributed by atoms with van der Waals surface area (Å²) >= 11 is 5.94. The van der Waals surface area contributed by atoms with E-state index in [1.165, 1.54) is 19.3 Å². The van der Waals surface area contributed by atoms with E-state index in [-0.39, 0.29) is 5.60 Å². The number of rotatable bonds is 2. The smallest absolute Gasteiger partial charge is 0.0848 e. The monoisotopic (exact) mass is 174 g/mol. The third kappa shape index (κ3) is 1.29. The summed E-state index contributed by atoms with van der Waals surface area (Å²) in [6.07, 6.45) is 3.85. The fourth-order valence-electron chi connectivity index (χ4n) is 2.11. The molecule has 2 aliphatic rings. The summed E-state index contributed by atoms with van der Waals surface area (Å²) in [6.45, 7) is 3.17. The first-order valence-corrected chi connectivity index (χ1v) is 5.00. The first-order valence-electron chi connectivity index (χ1n) is 4.47. The molecule has 1 saturated heterocycles. The van der Waals surface area contributed by atoms with Crippen molar-refractivity contribution in [2.45, 2.75) is 31.8 Å². The first-order chi connectivity index (χ1) is 5.27. The van der Waals surface area contributed by atoms with Crippen molar-refractivity contribution in [3.8, 4) is 0 Å². The van der Waals surface area contributed by atoms with Crippen LogP contribution >= 0.6 is 11.6 Å². The highest BCUT2D eigenvalue weighted by Gasteiger charge is 2.49. The highest BCUT2D eigenvalue weighted by molar-refractivity contribution is 6.18. The Bertz CT molecular complexity index is 156. The zero-order chi connectivity index (χ0) is 7.90. The molecular weight excluding hydrogens is 160 g/mol. The Balaban J connectivity index is 2.05. The minimum absolute atomic E-state index is 0.0843. The average molecular weight is 175 g/mol. The molecule has 0 radical (unpaired) electrons. The minimum atomic E-state index is 0.0843. The molecule has 1 aliphatic heterocycles.